The van der Waals surface area contributed by atoms with Crippen molar-refractivity contribution in [2.45, 2.75) is 27.9 Å². The molecule has 0 N–H and O–H groups in total. The first-order valence-corrected chi connectivity index (χ1v) is 11.7. The zero-order valence-corrected chi connectivity index (χ0v) is 16.9. The SMILES string of the molecule is COc1ccc(S(=O)(=O)C2CCN(S(=O)(=O)c3ccccc3C#N)CC2)cc1. The van der Waals surface area contributed by atoms with Crippen molar-refractivity contribution in [3.05, 3.63) is 54.1 Å². The lowest BCUT2D eigenvalue weighted by Gasteiger charge is -2.31. The Kier molecular flexibility index (Phi) is 5.74. The van der Waals surface area contributed by atoms with Gasteiger partial charge in [-0.15, -0.1) is 0 Å². The van der Waals surface area contributed by atoms with Crippen LogP contribution in [-0.2, 0) is 19.9 Å². The summed E-state index contributed by atoms with van der Waals surface area (Å²) in [5.74, 6) is 0.566. The van der Waals surface area contributed by atoms with Crippen LogP contribution in [-0.4, -0.2) is 46.6 Å². The summed E-state index contributed by atoms with van der Waals surface area (Å²) in [5, 5.41) is 8.52. The maximum Gasteiger partial charge on any atom is 0.244 e. The molecule has 28 heavy (non-hydrogen) atoms. The molecule has 0 radical (unpaired) electrons. The molecule has 0 unspecified atom stereocenters. The van der Waals surface area contributed by atoms with Gasteiger partial charge in [0.05, 0.1) is 27.7 Å². The number of hydrogen-bond acceptors (Lipinski definition) is 6. The fourth-order valence-corrected chi connectivity index (χ4v) is 6.61. The van der Waals surface area contributed by atoms with Crippen molar-refractivity contribution < 1.29 is 21.6 Å². The van der Waals surface area contributed by atoms with Crippen LogP contribution in [0.3, 0.4) is 0 Å². The monoisotopic (exact) mass is 420 g/mol. The minimum Gasteiger partial charge on any atom is -0.497 e. The van der Waals surface area contributed by atoms with Gasteiger partial charge in [0.1, 0.15) is 11.8 Å². The molecule has 0 atom stereocenters. The minimum atomic E-state index is -3.85. The largest absolute Gasteiger partial charge is 0.497 e. The normalized spacial score (nSPS) is 16.4. The first-order valence-electron chi connectivity index (χ1n) is 8.68. The van der Waals surface area contributed by atoms with Crippen molar-refractivity contribution in [2.24, 2.45) is 0 Å². The molecule has 3 rings (SSSR count). The van der Waals surface area contributed by atoms with E-state index in [1.165, 1.54) is 35.7 Å². The van der Waals surface area contributed by atoms with E-state index in [0.29, 0.717) is 5.75 Å². The van der Waals surface area contributed by atoms with E-state index in [4.69, 9.17) is 4.74 Å². The number of piperidine rings is 1. The van der Waals surface area contributed by atoms with E-state index in [0.717, 1.165) is 0 Å². The van der Waals surface area contributed by atoms with Gasteiger partial charge in [-0.2, -0.15) is 9.57 Å². The first kappa shape index (κ1) is 20.3. The second-order valence-electron chi connectivity index (χ2n) is 6.43. The molecule has 2 aromatic rings. The van der Waals surface area contributed by atoms with E-state index >= 15 is 0 Å². The fraction of sp³-hybridized carbons (Fsp3) is 0.316. The highest BCUT2D eigenvalue weighted by atomic mass is 32.2. The summed E-state index contributed by atoms with van der Waals surface area (Å²) < 4.78 is 57.8. The van der Waals surface area contributed by atoms with E-state index < -0.39 is 25.1 Å². The number of methoxy groups -OCH3 is 1. The lowest BCUT2D eigenvalue weighted by molar-refractivity contribution is 0.345. The molecule has 0 amide bonds. The molecule has 7 nitrogen and oxygen atoms in total. The molecule has 9 heteroatoms. The Morgan fingerprint density at radius 3 is 2.18 bits per heavy atom. The molecule has 0 saturated carbocycles. The molecular formula is C19H20N2O5S2. The summed E-state index contributed by atoms with van der Waals surface area (Å²) in [6.07, 6.45) is 0.393. The molecule has 0 spiro atoms. The van der Waals surface area contributed by atoms with E-state index in [2.05, 4.69) is 0 Å². The van der Waals surface area contributed by atoms with Gasteiger partial charge < -0.3 is 4.74 Å². The zero-order chi connectivity index (χ0) is 20.4. The summed E-state index contributed by atoms with van der Waals surface area (Å²) in [6, 6.07) is 14.1. The van der Waals surface area contributed by atoms with Gasteiger partial charge in [-0.3, -0.25) is 0 Å². The minimum absolute atomic E-state index is 0.0473. The maximum atomic E-state index is 12.9. The fourth-order valence-electron chi connectivity index (χ4n) is 3.26. The molecule has 0 bridgehead atoms. The number of hydrogen-bond donors (Lipinski definition) is 0. The highest BCUT2D eigenvalue weighted by molar-refractivity contribution is 7.92. The Balaban J connectivity index is 1.77. The quantitative estimate of drug-likeness (QED) is 0.734. The Labute approximate surface area is 165 Å². The van der Waals surface area contributed by atoms with Crippen LogP contribution in [0.5, 0.6) is 5.75 Å². The molecule has 148 valence electrons. The summed E-state index contributed by atoms with van der Waals surface area (Å²) in [6.45, 7) is 0.171. The molecule has 1 saturated heterocycles. The number of ether oxygens (including phenoxy) is 1. The molecule has 0 aliphatic carbocycles. The van der Waals surface area contributed by atoms with Gasteiger partial charge in [0, 0.05) is 13.1 Å². The topological polar surface area (TPSA) is 105 Å². The van der Waals surface area contributed by atoms with Crippen LogP contribution in [0.25, 0.3) is 0 Å². The average Bonchev–Trinajstić information content (AvgIpc) is 2.73. The number of rotatable bonds is 5. The molecule has 1 heterocycles. The van der Waals surface area contributed by atoms with E-state index in [9.17, 15) is 22.1 Å². The molecule has 2 aromatic carbocycles. The van der Waals surface area contributed by atoms with Crippen molar-refractivity contribution >= 4 is 19.9 Å². The predicted octanol–water partition coefficient (Wildman–Crippen LogP) is 2.19. The van der Waals surface area contributed by atoms with E-state index in [1.807, 2.05) is 6.07 Å². The third kappa shape index (κ3) is 3.76. The Morgan fingerprint density at radius 2 is 1.61 bits per heavy atom. The smallest absolute Gasteiger partial charge is 0.244 e. The van der Waals surface area contributed by atoms with Crippen molar-refractivity contribution in [2.75, 3.05) is 20.2 Å². The zero-order valence-electron chi connectivity index (χ0n) is 15.3. The van der Waals surface area contributed by atoms with Crippen LogP contribution in [0, 0.1) is 11.3 Å². The molecule has 1 aliphatic rings. The van der Waals surface area contributed by atoms with Crippen molar-refractivity contribution in [1.29, 1.82) is 5.26 Å². The average molecular weight is 421 g/mol. The number of benzene rings is 2. The van der Waals surface area contributed by atoms with Gasteiger partial charge in [-0.25, -0.2) is 16.8 Å². The van der Waals surface area contributed by atoms with Crippen LogP contribution >= 0.6 is 0 Å². The van der Waals surface area contributed by atoms with Crippen LogP contribution in [0.2, 0.25) is 0 Å². The standard InChI is InChI=1S/C19H20N2O5S2/c1-26-16-6-8-17(9-7-16)27(22,23)18-10-12-21(13-11-18)28(24,25)19-5-3-2-4-15(19)14-20/h2-9,18H,10-13H2,1H3. The van der Waals surface area contributed by atoms with Crippen LogP contribution in [0.4, 0.5) is 0 Å². The number of nitriles is 1. The number of nitrogens with zero attached hydrogens (tertiary/aromatic N) is 2. The van der Waals surface area contributed by atoms with Crippen molar-refractivity contribution in [3.8, 4) is 11.8 Å². The van der Waals surface area contributed by atoms with Crippen molar-refractivity contribution in [3.63, 3.8) is 0 Å². The summed E-state index contributed by atoms with van der Waals surface area (Å²) in [5.41, 5.74) is 0.0791. The molecular weight excluding hydrogens is 400 g/mol. The first-order chi connectivity index (χ1) is 13.3. The predicted molar refractivity (Wildman–Crippen MR) is 103 cm³/mol. The van der Waals surface area contributed by atoms with E-state index in [1.54, 1.807) is 24.3 Å². The third-order valence-corrected chi connectivity index (χ3v) is 9.09. The third-order valence-electron chi connectivity index (χ3n) is 4.85. The Morgan fingerprint density at radius 1 is 1.00 bits per heavy atom. The second kappa shape index (κ2) is 7.91. The summed E-state index contributed by atoms with van der Waals surface area (Å²) in [4.78, 5) is 0.151. The Hall–Kier alpha value is -2.41. The molecule has 1 aliphatic heterocycles. The lowest BCUT2D eigenvalue weighted by Crippen LogP contribution is -2.42. The van der Waals surface area contributed by atoms with E-state index in [-0.39, 0.29) is 41.3 Å². The van der Waals surface area contributed by atoms with Crippen molar-refractivity contribution in [1.82, 2.24) is 4.31 Å². The second-order valence-corrected chi connectivity index (χ2v) is 10.6. The summed E-state index contributed by atoms with van der Waals surface area (Å²) >= 11 is 0. The highest BCUT2D eigenvalue weighted by Gasteiger charge is 2.36. The highest BCUT2D eigenvalue weighted by Crippen LogP contribution is 2.29. The summed E-state index contributed by atoms with van der Waals surface area (Å²) in [7, 11) is -5.91. The van der Waals surface area contributed by atoms with Gasteiger partial charge in [0.2, 0.25) is 10.0 Å². The number of sulfonamides is 1. The van der Waals surface area contributed by atoms with Gasteiger partial charge >= 0.3 is 0 Å². The van der Waals surface area contributed by atoms with Crippen LogP contribution in [0.15, 0.2) is 58.3 Å². The molecule has 1 fully saturated rings. The molecule has 0 aromatic heterocycles. The Bertz CT molecular complexity index is 1100. The van der Waals surface area contributed by atoms with Gasteiger partial charge in [-0.1, -0.05) is 12.1 Å². The number of sulfone groups is 1. The van der Waals surface area contributed by atoms with Crippen LogP contribution < -0.4 is 4.74 Å². The van der Waals surface area contributed by atoms with Crippen LogP contribution in [0.1, 0.15) is 18.4 Å². The lowest BCUT2D eigenvalue weighted by atomic mass is 10.2. The van der Waals surface area contributed by atoms with Gasteiger partial charge in [-0.05, 0) is 49.2 Å². The maximum absolute atomic E-state index is 12.9. The van der Waals surface area contributed by atoms with Gasteiger partial charge in [0.15, 0.2) is 9.84 Å². The van der Waals surface area contributed by atoms with Gasteiger partial charge in [0.25, 0.3) is 0 Å².